The van der Waals surface area contributed by atoms with Crippen molar-refractivity contribution in [1.29, 1.82) is 0 Å². The Morgan fingerprint density at radius 1 is 1.23 bits per heavy atom. The fourth-order valence-corrected chi connectivity index (χ4v) is 2.71. The van der Waals surface area contributed by atoms with Gasteiger partial charge in [0, 0.05) is 11.3 Å². The van der Waals surface area contributed by atoms with Gasteiger partial charge in [0.15, 0.2) is 18.1 Å². The average molecular weight is 377 g/mol. The van der Waals surface area contributed by atoms with Gasteiger partial charge in [0.1, 0.15) is 0 Å². The van der Waals surface area contributed by atoms with E-state index in [9.17, 15) is 9.59 Å². The minimum absolute atomic E-state index is 0.146. The van der Waals surface area contributed by atoms with Crippen LogP contribution in [-0.2, 0) is 4.79 Å². The summed E-state index contributed by atoms with van der Waals surface area (Å²) in [6.07, 6.45) is 0. The first-order valence-electron chi connectivity index (χ1n) is 8.02. The lowest BCUT2D eigenvalue weighted by molar-refractivity contribution is -0.119. The summed E-state index contributed by atoms with van der Waals surface area (Å²) in [5.74, 6) is -0.322. The fraction of sp³-hybridized carbons (Fsp3) is 0.263. The largest absolute Gasteiger partial charge is 0.493 e. The van der Waals surface area contributed by atoms with E-state index in [2.05, 4.69) is 19.2 Å². The SMILES string of the molecule is COc1cc(C(=O)Nc2ccccc2C(C)C)cc(Cl)c1OCC(N)=O. The molecule has 2 aromatic carbocycles. The molecule has 0 aliphatic heterocycles. The van der Waals surface area contributed by atoms with Gasteiger partial charge >= 0.3 is 0 Å². The third-order valence-corrected chi connectivity index (χ3v) is 3.96. The van der Waals surface area contributed by atoms with Crippen molar-refractivity contribution < 1.29 is 19.1 Å². The van der Waals surface area contributed by atoms with Crippen LogP contribution >= 0.6 is 11.6 Å². The molecule has 2 rings (SSSR count). The van der Waals surface area contributed by atoms with Crippen LogP contribution in [0.1, 0.15) is 35.7 Å². The van der Waals surface area contributed by atoms with Crippen molar-refractivity contribution in [3.63, 3.8) is 0 Å². The predicted octanol–water partition coefficient (Wildman–Crippen LogP) is 3.59. The predicted molar refractivity (Wildman–Crippen MR) is 101 cm³/mol. The Labute approximate surface area is 157 Å². The highest BCUT2D eigenvalue weighted by Crippen LogP contribution is 2.36. The number of methoxy groups -OCH3 is 1. The van der Waals surface area contributed by atoms with Gasteiger partial charge in [0.25, 0.3) is 11.8 Å². The fourth-order valence-electron chi connectivity index (χ4n) is 2.44. The highest BCUT2D eigenvalue weighted by molar-refractivity contribution is 6.32. The van der Waals surface area contributed by atoms with Crippen molar-refractivity contribution in [2.24, 2.45) is 5.73 Å². The van der Waals surface area contributed by atoms with Gasteiger partial charge in [-0.25, -0.2) is 0 Å². The first-order valence-corrected chi connectivity index (χ1v) is 8.40. The molecule has 0 heterocycles. The summed E-state index contributed by atoms with van der Waals surface area (Å²) < 4.78 is 10.5. The van der Waals surface area contributed by atoms with Crippen LogP contribution in [0.25, 0.3) is 0 Å². The smallest absolute Gasteiger partial charge is 0.255 e. The standard InChI is InChI=1S/C19H21ClN2O4/c1-11(2)13-6-4-5-7-15(13)22-19(24)12-8-14(20)18(16(9-12)25-3)26-10-17(21)23/h4-9,11H,10H2,1-3H3,(H2,21,23)(H,22,24). The van der Waals surface area contributed by atoms with Crippen LogP contribution in [0.2, 0.25) is 5.02 Å². The van der Waals surface area contributed by atoms with Gasteiger partial charge in [-0.15, -0.1) is 0 Å². The molecule has 0 saturated heterocycles. The lowest BCUT2D eigenvalue weighted by Gasteiger charge is -2.15. The van der Waals surface area contributed by atoms with E-state index in [-0.39, 0.29) is 35.0 Å². The number of hydrogen-bond donors (Lipinski definition) is 2. The Morgan fingerprint density at radius 2 is 1.92 bits per heavy atom. The normalized spacial score (nSPS) is 10.5. The number of amides is 2. The second-order valence-corrected chi connectivity index (χ2v) is 6.35. The molecule has 0 radical (unpaired) electrons. The van der Waals surface area contributed by atoms with Gasteiger partial charge in [-0.2, -0.15) is 0 Å². The molecule has 0 saturated carbocycles. The van der Waals surface area contributed by atoms with E-state index in [0.29, 0.717) is 5.56 Å². The van der Waals surface area contributed by atoms with Crippen LogP contribution < -0.4 is 20.5 Å². The maximum absolute atomic E-state index is 12.6. The van der Waals surface area contributed by atoms with Gasteiger partial charge in [0.2, 0.25) is 0 Å². The van der Waals surface area contributed by atoms with Crippen LogP contribution in [0.3, 0.4) is 0 Å². The molecule has 6 nitrogen and oxygen atoms in total. The lowest BCUT2D eigenvalue weighted by atomic mass is 10.0. The number of anilines is 1. The molecule has 138 valence electrons. The molecule has 0 bridgehead atoms. The van der Waals surface area contributed by atoms with E-state index in [4.69, 9.17) is 26.8 Å². The van der Waals surface area contributed by atoms with E-state index in [0.717, 1.165) is 11.3 Å². The Kier molecular flexibility index (Phi) is 6.46. The van der Waals surface area contributed by atoms with Gasteiger partial charge in [-0.05, 0) is 29.7 Å². The molecule has 0 atom stereocenters. The minimum Gasteiger partial charge on any atom is -0.493 e. The number of carbonyl (C=O) groups is 2. The van der Waals surface area contributed by atoms with E-state index >= 15 is 0 Å². The monoisotopic (exact) mass is 376 g/mol. The Morgan fingerprint density at radius 3 is 2.54 bits per heavy atom. The first-order chi connectivity index (χ1) is 12.3. The molecule has 0 aromatic heterocycles. The molecule has 0 aliphatic rings. The van der Waals surface area contributed by atoms with E-state index in [1.54, 1.807) is 0 Å². The third-order valence-electron chi connectivity index (χ3n) is 3.68. The summed E-state index contributed by atoms with van der Waals surface area (Å²) in [6, 6.07) is 10.5. The molecule has 7 heteroatoms. The second kappa shape index (κ2) is 8.58. The number of carbonyl (C=O) groups excluding carboxylic acids is 2. The molecule has 26 heavy (non-hydrogen) atoms. The molecule has 3 N–H and O–H groups in total. The van der Waals surface area contributed by atoms with Crippen molar-refractivity contribution in [3.8, 4) is 11.5 Å². The molecule has 0 fully saturated rings. The first kappa shape index (κ1) is 19.6. The zero-order valence-corrected chi connectivity index (χ0v) is 15.6. The van der Waals surface area contributed by atoms with Crippen molar-refractivity contribution in [3.05, 3.63) is 52.5 Å². The molecular weight excluding hydrogens is 356 g/mol. The molecule has 0 unspecified atom stereocenters. The van der Waals surface area contributed by atoms with Crippen molar-refractivity contribution in [1.82, 2.24) is 0 Å². The molecule has 2 amide bonds. The zero-order valence-electron chi connectivity index (χ0n) is 14.8. The van der Waals surface area contributed by atoms with Crippen LogP contribution in [0.4, 0.5) is 5.69 Å². The van der Waals surface area contributed by atoms with Crippen LogP contribution in [-0.4, -0.2) is 25.5 Å². The van der Waals surface area contributed by atoms with E-state index in [1.165, 1.54) is 19.2 Å². The van der Waals surface area contributed by atoms with Crippen molar-refractivity contribution in [2.75, 3.05) is 19.0 Å². The van der Waals surface area contributed by atoms with Gasteiger partial charge in [0.05, 0.1) is 12.1 Å². The maximum atomic E-state index is 12.6. The molecule has 0 spiro atoms. The van der Waals surface area contributed by atoms with Gasteiger partial charge in [-0.3, -0.25) is 9.59 Å². The number of nitrogens with one attached hydrogen (secondary N) is 1. The Hall–Kier alpha value is -2.73. The number of primary amides is 1. The van der Waals surface area contributed by atoms with Crippen LogP contribution in [0.15, 0.2) is 36.4 Å². The summed E-state index contributed by atoms with van der Waals surface area (Å²) in [4.78, 5) is 23.5. The molecular formula is C19H21ClN2O4. The van der Waals surface area contributed by atoms with E-state index in [1.807, 2.05) is 24.3 Å². The second-order valence-electron chi connectivity index (χ2n) is 5.94. The summed E-state index contributed by atoms with van der Waals surface area (Å²) in [5.41, 5.74) is 7.14. The summed E-state index contributed by atoms with van der Waals surface area (Å²) in [7, 11) is 1.42. The Balaban J connectivity index is 2.30. The number of halogens is 1. The maximum Gasteiger partial charge on any atom is 0.255 e. The highest BCUT2D eigenvalue weighted by atomic mass is 35.5. The lowest BCUT2D eigenvalue weighted by Crippen LogP contribution is -2.20. The van der Waals surface area contributed by atoms with Crippen molar-refractivity contribution in [2.45, 2.75) is 19.8 Å². The number of nitrogens with two attached hydrogens (primary N) is 1. The van der Waals surface area contributed by atoms with Gasteiger partial charge < -0.3 is 20.5 Å². The van der Waals surface area contributed by atoms with Crippen LogP contribution in [0, 0.1) is 0 Å². The highest BCUT2D eigenvalue weighted by Gasteiger charge is 2.18. The van der Waals surface area contributed by atoms with E-state index < -0.39 is 5.91 Å². The quantitative estimate of drug-likeness (QED) is 0.772. The molecule has 0 aliphatic carbocycles. The topological polar surface area (TPSA) is 90.7 Å². The number of ether oxygens (including phenoxy) is 2. The number of hydrogen-bond acceptors (Lipinski definition) is 4. The summed E-state index contributed by atoms with van der Waals surface area (Å²) in [6.45, 7) is 3.76. The Bertz CT molecular complexity index is 821. The number of rotatable bonds is 7. The third kappa shape index (κ3) is 4.67. The minimum atomic E-state index is -0.643. The summed E-state index contributed by atoms with van der Waals surface area (Å²) >= 11 is 6.19. The number of benzene rings is 2. The van der Waals surface area contributed by atoms with Crippen molar-refractivity contribution >= 4 is 29.1 Å². The summed E-state index contributed by atoms with van der Waals surface area (Å²) in [5, 5.41) is 3.03. The average Bonchev–Trinajstić information content (AvgIpc) is 2.60. The van der Waals surface area contributed by atoms with Gasteiger partial charge in [-0.1, -0.05) is 43.6 Å². The van der Waals surface area contributed by atoms with Crippen LogP contribution in [0.5, 0.6) is 11.5 Å². The number of para-hydroxylation sites is 1. The molecule has 2 aromatic rings. The zero-order chi connectivity index (χ0) is 19.3.